The lowest BCUT2D eigenvalue weighted by Crippen LogP contribution is -2.11. The highest BCUT2D eigenvalue weighted by molar-refractivity contribution is 5.94. The molecule has 0 heterocycles. The van der Waals surface area contributed by atoms with Gasteiger partial charge in [0.05, 0.1) is 18.8 Å². The Balaban J connectivity index is 1.79. The van der Waals surface area contributed by atoms with Gasteiger partial charge < -0.3 is 14.6 Å². The Hall–Kier alpha value is -3.53. The van der Waals surface area contributed by atoms with Crippen molar-refractivity contribution in [3.05, 3.63) is 95.1 Å². The number of methoxy groups -OCH3 is 1. The minimum atomic E-state index is -0.937. The number of aromatic carboxylic acids is 1. The fraction of sp³-hybridized carbons (Fsp3) is 0.222. The Bertz CT molecular complexity index is 1080. The van der Waals surface area contributed by atoms with Crippen molar-refractivity contribution in [2.75, 3.05) is 7.11 Å². The second kappa shape index (κ2) is 9.52. The molecular formula is C27H26O4. The molecule has 1 fully saturated rings. The molecule has 1 saturated carbocycles. The summed E-state index contributed by atoms with van der Waals surface area (Å²) in [6, 6.07) is 23.0. The number of benzene rings is 3. The smallest absolute Gasteiger partial charge is 0.335 e. The third-order valence-electron chi connectivity index (χ3n) is 5.60. The summed E-state index contributed by atoms with van der Waals surface area (Å²) < 4.78 is 11.8. The maximum atomic E-state index is 11.4. The van der Waals surface area contributed by atoms with Crippen molar-refractivity contribution in [1.82, 2.24) is 0 Å². The highest BCUT2D eigenvalue weighted by Gasteiger charge is 2.19. The maximum absolute atomic E-state index is 11.4. The third kappa shape index (κ3) is 4.97. The van der Waals surface area contributed by atoms with Crippen molar-refractivity contribution in [1.29, 1.82) is 0 Å². The summed E-state index contributed by atoms with van der Waals surface area (Å²) in [6.45, 7) is 0. The summed E-state index contributed by atoms with van der Waals surface area (Å²) in [5.41, 5.74) is 4.11. The van der Waals surface area contributed by atoms with Gasteiger partial charge >= 0.3 is 5.97 Å². The van der Waals surface area contributed by atoms with Crippen LogP contribution < -0.4 is 9.47 Å². The maximum Gasteiger partial charge on any atom is 0.335 e. The van der Waals surface area contributed by atoms with Gasteiger partial charge in [-0.25, -0.2) is 4.79 Å². The largest absolute Gasteiger partial charge is 0.493 e. The number of hydrogen-bond donors (Lipinski definition) is 1. The van der Waals surface area contributed by atoms with E-state index in [1.165, 1.54) is 12.8 Å². The van der Waals surface area contributed by atoms with Gasteiger partial charge in [0, 0.05) is 0 Å². The first kappa shape index (κ1) is 20.7. The van der Waals surface area contributed by atoms with E-state index in [4.69, 9.17) is 9.47 Å². The van der Waals surface area contributed by atoms with E-state index >= 15 is 0 Å². The van der Waals surface area contributed by atoms with E-state index in [1.54, 1.807) is 25.3 Å². The molecule has 1 N–H and O–H groups in total. The first-order chi connectivity index (χ1) is 15.1. The fourth-order valence-electron chi connectivity index (χ4n) is 4.00. The van der Waals surface area contributed by atoms with E-state index in [2.05, 4.69) is 12.1 Å². The molecule has 0 amide bonds. The van der Waals surface area contributed by atoms with Gasteiger partial charge in [-0.2, -0.15) is 0 Å². The lowest BCUT2D eigenvalue weighted by atomic mass is 9.95. The molecule has 1 aliphatic rings. The van der Waals surface area contributed by atoms with Crippen molar-refractivity contribution in [2.45, 2.75) is 31.8 Å². The van der Waals surface area contributed by atoms with E-state index in [0.29, 0.717) is 0 Å². The van der Waals surface area contributed by atoms with E-state index in [1.807, 2.05) is 48.5 Å². The molecule has 0 aromatic heterocycles. The van der Waals surface area contributed by atoms with Crippen molar-refractivity contribution < 1.29 is 19.4 Å². The monoisotopic (exact) mass is 414 g/mol. The standard InChI is InChI=1S/C27H26O4/c1-30-25-15-14-21(18-26(25)31-23-12-5-6-13-23)24(20-9-3-2-4-10-20)17-19-8-7-11-22(16-19)27(28)29/h2-4,7-11,14-18,23H,5-6,12-13H2,1H3,(H,28,29). The minimum absolute atomic E-state index is 0.223. The zero-order valence-corrected chi connectivity index (χ0v) is 17.6. The predicted octanol–water partition coefficient (Wildman–Crippen LogP) is 6.30. The molecule has 0 unspecified atom stereocenters. The van der Waals surface area contributed by atoms with E-state index in [9.17, 15) is 9.90 Å². The van der Waals surface area contributed by atoms with Crippen LogP contribution in [0.3, 0.4) is 0 Å². The molecule has 0 aliphatic heterocycles. The van der Waals surface area contributed by atoms with Crippen molar-refractivity contribution in [3.63, 3.8) is 0 Å². The van der Waals surface area contributed by atoms with Gasteiger partial charge in [-0.15, -0.1) is 0 Å². The molecule has 0 saturated heterocycles. The van der Waals surface area contributed by atoms with Crippen LogP contribution in [0.25, 0.3) is 11.6 Å². The second-order valence-corrected chi connectivity index (χ2v) is 7.74. The van der Waals surface area contributed by atoms with Crippen LogP contribution in [0, 0.1) is 0 Å². The Morgan fingerprint density at radius 1 is 0.871 bits per heavy atom. The topological polar surface area (TPSA) is 55.8 Å². The molecule has 3 aromatic carbocycles. The van der Waals surface area contributed by atoms with Gasteiger partial charge in [0.2, 0.25) is 0 Å². The molecule has 0 spiro atoms. The van der Waals surface area contributed by atoms with E-state index in [0.717, 1.165) is 46.6 Å². The molecular weight excluding hydrogens is 388 g/mol. The number of carboxylic acids is 1. The number of ether oxygens (including phenoxy) is 2. The SMILES string of the molecule is COc1ccc(C(=Cc2cccc(C(=O)O)c2)c2ccccc2)cc1OC1CCCC1. The van der Waals surface area contributed by atoms with Crippen LogP contribution in [-0.2, 0) is 0 Å². The average Bonchev–Trinajstić information content (AvgIpc) is 3.31. The molecule has 158 valence electrons. The predicted molar refractivity (Wildman–Crippen MR) is 123 cm³/mol. The highest BCUT2D eigenvalue weighted by Crippen LogP contribution is 2.36. The number of carboxylic acid groups (broad SMARTS) is 1. The molecule has 0 atom stereocenters. The van der Waals surface area contributed by atoms with Gasteiger partial charge in [0.15, 0.2) is 11.5 Å². The molecule has 0 radical (unpaired) electrons. The van der Waals surface area contributed by atoms with Gasteiger partial charge in [-0.3, -0.25) is 0 Å². The number of rotatable bonds is 7. The zero-order valence-electron chi connectivity index (χ0n) is 17.6. The Morgan fingerprint density at radius 3 is 2.32 bits per heavy atom. The number of carbonyl (C=O) groups is 1. The normalized spacial score (nSPS) is 14.4. The summed E-state index contributed by atoms with van der Waals surface area (Å²) >= 11 is 0. The quantitative estimate of drug-likeness (QED) is 0.461. The molecule has 0 bridgehead atoms. The van der Waals surface area contributed by atoms with Crippen LogP contribution in [0.5, 0.6) is 11.5 Å². The molecule has 1 aliphatic carbocycles. The third-order valence-corrected chi connectivity index (χ3v) is 5.60. The lowest BCUT2D eigenvalue weighted by Gasteiger charge is -2.18. The minimum Gasteiger partial charge on any atom is -0.493 e. The summed E-state index contributed by atoms with van der Waals surface area (Å²) in [4.78, 5) is 11.4. The van der Waals surface area contributed by atoms with Crippen molar-refractivity contribution in [3.8, 4) is 11.5 Å². The van der Waals surface area contributed by atoms with Gasteiger partial charge in [0.25, 0.3) is 0 Å². The van der Waals surface area contributed by atoms with Crippen LogP contribution in [0.1, 0.15) is 52.7 Å². The second-order valence-electron chi connectivity index (χ2n) is 7.74. The molecule has 3 aromatic rings. The first-order valence-electron chi connectivity index (χ1n) is 10.6. The Morgan fingerprint density at radius 2 is 1.61 bits per heavy atom. The van der Waals surface area contributed by atoms with Crippen molar-refractivity contribution >= 4 is 17.6 Å². The summed E-state index contributed by atoms with van der Waals surface area (Å²) in [6.07, 6.45) is 6.76. The molecule has 31 heavy (non-hydrogen) atoms. The van der Waals surface area contributed by atoms with Crippen LogP contribution in [0.2, 0.25) is 0 Å². The van der Waals surface area contributed by atoms with Crippen LogP contribution in [0.4, 0.5) is 0 Å². The first-order valence-corrected chi connectivity index (χ1v) is 10.6. The summed E-state index contributed by atoms with van der Waals surface area (Å²) in [5, 5.41) is 9.36. The Kier molecular flexibility index (Phi) is 6.37. The fourth-order valence-corrected chi connectivity index (χ4v) is 4.00. The number of hydrogen-bond acceptors (Lipinski definition) is 3. The summed E-state index contributed by atoms with van der Waals surface area (Å²) in [5.74, 6) is 0.525. The lowest BCUT2D eigenvalue weighted by molar-refractivity contribution is 0.0697. The van der Waals surface area contributed by atoms with Crippen LogP contribution in [-0.4, -0.2) is 24.3 Å². The van der Waals surface area contributed by atoms with Crippen LogP contribution in [0.15, 0.2) is 72.8 Å². The zero-order chi connectivity index (χ0) is 21.6. The van der Waals surface area contributed by atoms with Crippen molar-refractivity contribution in [2.24, 2.45) is 0 Å². The van der Waals surface area contributed by atoms with Gasteiger partial charge in [-0.05, 0) is 78.3 Å². The highest BCUT2D eigenvalue weighted by atomic mass is 16.5. The van der Waals surface area contributed by atoms with Gasteiger partial charge in [0.1, 0.15) is 0 Å². The average molecular weight is 415 g/mol. The Labute approximate surface area is 182 Å². The van der Waals surface area contributed by atoms with E-state index < -0.39 is 5.97 Å². The van der Waals surface area contributed by atoms with Gasteiger partial charge in [-0.1, -0.05) is 48.5 Å². The summed E-state index contributed by atoms with van der Waals surface area (Å²) in [7, 11) is 1.65. The van der Waals surface area contributed by atoms with Crippen LogP contribution >= 0.6 is 0 Å². The van der Waals surface area contributed by atoms with E-state index in [-0.39, 0.29) is 11.7 Å². The molecule has 4 nitrogen and oxygen atoms in total. The molecule has 4 heteroatoms. The molecule has 4 rings (SSSR count).